The van der Waals surface area contributed by atoms with Gasteiger partial charge >= 0.3 is 0 Å². The van der Waals surface area contributed by atoms with E-state index in [4.69, 9.17) is 4.74 Å². The van der Waals surface area contributed by atoms with E-state index in [0.717, 1.165) is 13.2 Å². The molecule has 0 radical (unpaired) electrons. The van der Waals surface area contributed by atoms with Crippen LogP contribution in [0.25, 0.3) is 0 Å². The van der Waals surface area contributed by atoms with Gasteiger partial charge < -0.3 is 4.74 Å². The third kappa shape index (κ3) is 2.20. The largest absolute Gasteiger partial charge is 0.370 e. The zero-order valence-corrected chi connectivity index (χ0v) is 9.31. The van der Waals surface area contributed by atoms with Crippen LogP contribution in [0, 0.1) is 0 Å². The summed E-state index contributed by atoms with van der Waals surface area (Å²) in [5, 5.41) is 2.22. The molecule has 1 fully saturated rings. The highest BCUT2D eigenvalue weighted by atomic mass is 16.5. The molecule has 0 aliphatic carbocycles. The van der Waals surface area contributed by atoms with Crippen LogP contribution in [-0.2, 0) is 4.74 Å². The first-order valence-corrected chi connectivity index (χ1v) is 5.43. The maximum absolute atomic E-state index is 5.83. The predicted molar refractivity (Wildman–Crippen MR) is 60.4 cm³/mol. The Hall–Kier alpha value is -0.900. The summed E-state index contributed by atoms with van der Waals surface area (Å²) in [7, 11) is 1.96. The zero-order chi connectivity index (χ0) is 10.7. The van der Waals surface area contributed by atoms with Crippen molar-refractivity contribution in [3.63, 3.8) is 0 Å². The quantitative estimate of drug-likeness (QED) is 0.795. The van der Waals surface area contributed by atoms with Crippen molar-refractivity contribution in [2.24, 2.45) is 0 Å². The summed E-state index contributed by atoms with van der Waals surface area (Å²) < 4.78 is 5.83. The van der Waals surface area contributed by atoms with Gasteiger partial charge in [0.05, 0.1) is 18.8 Å². The highest BCUT2D eigenvalue weighted by Crippen LogP contribution is 2.26. The van der Waals surface area contributed by atoms with Crippen LogP contribution in [-0.4, -0.2) is 31.3 Å². The van der Waals surface area contributed by atoms with E-state index in [2.05, 4.69) is 41.6 Å². The molecule has 0 saturated carbocycles. The lowest BCUT2D eigenvalue weighted by molar-refractivity contribution is -0.0835. The lowest BCUT2D eigenvalue weighted by atomic mass is 10.0. The van der Waals surface area contributed by atoms with Gasteiger partial charge in [-0.2, -0.15) is 0 Å². The Morgan fingerprint density at radius 1 is 1.33 bits per heavy atom. The third-order valence-electron chi connectivity index (χ3n) is 2.97. The summed E-state index contributed by atoms with van der Waals surface area (Å²) in [5.74, 6) is 0. The Balaban J connectivity index is 2.15. The fraction of sp³-hybridized carbons (Fsp3) is 0.500. The maximum Gasteiger partial charge on any atom is 0.0991 e. The van der Waals surface area contributed by atoms with Crippen molar-refractivity contribution in [2.45, 2.75) is 19.1 Å². The Morgan fingerprint density at radius 2 is 2.07 bits per heavy atom. The van der Waals surface area contributed by atoms with E-state index in [0.29, 0.717) is 6.04 Å². The normalized spacial score (nSPS) is 27.9. The predicted octanol–water partition coefficient (Wildman–Crippen LogP) is 1.58. The molecule has 0 amide bonds. The molecule has 1 aliphatic rings. The Bertz CT molecular complexity index is 302. The second kappa shape index (κ2) is 4.75. The fourth-order valence-corrected chi connectivity index (χ4v) is 2.12. The molecule has 1 N–H and O–H groups in total. The molecule has 1 aromatic rings. The van der Waals surface area contributed by atoms with Gasteiger partial charge in [-0.3, -0.25) is 5.43 Å². The SMILES string of the molecule is CNN1CCO[C@@H](c2ccccc2)[C@@H]1C. The van der Waals surface area contributed by atoms with E-state index in [9.17, 15) is 0 Å². The summed E-state index contributed by atoms with van der Waals surface area (Å²) in [5.41, 5.74) is 4.46. The molecule has 2 rings (SSSR count). The minimum atomic E-state index is 0.174. The minimum absolute atomic E-state index is 0.174. The molecule has 0 unspecified atom stereocenters. The van der Waals surface area contributed by atoms with Gasteiger partial charge in [-0.25, -0.2) is 5.01 Å². The van der Waals surface area contributed by atoms with Crippen molar-refractivity contribution in [1.29, 1.82) is 0 Å². The number of hydrazine groups is 1. The Kier molecular flexibility index (Phi) is 3.36. The van der Waals surface area contributed by atoms with E-state index >= 15 is 0 Å². The van der Waals surface area contributed by atoms with Crippen LogP contribution in [0.4, 0.5) is 0 Å². The van der Waals surface area contributed by atoms with Crippen LogP contribution >= 0.6 is 0 Å². The lowest BCUT2D eigenvalue weighted by Crippen LogP contribution is -2.51. The Labute approximate surface area is 91.0 Å². The van der Waals surface area contributed by atoms with Gasteiger partial charge in [-0.05, 0) is 19.5 Å². The van der Waals surface area contributed by atoms with Crippen LogP contribution in [0.5, 0.6) is 0 Å². The topological polar surface area (TPSA) is 24.5 Å². The van der Waals surface area contributed by atoms with Crippen molar-refractivity contribution >= 4 is 0 Å². The number of benzene rings is 1. The molecule has 0 spiro atoms. The van der Waals surface area contributed by atoms with Gasteiger partial charge in [0.1, 0.15) is 0 Å². The molecule has 3 heteroatoms. The van der Waals surface area contributed by atoms with Crippen molar-refractivity contribution in [1.82, 2.24) is 10.4 Å². The van der Waals surface area contributed by atoms with Crippen LogP contribution in [0.3, 0.4) is 0 Å². The second-order valence-corrected chi connectivity index (χ2v) is 3.86. The van der Waals surface area contributed by atoms with Crippen molar-refractivity contribution in [3.8, 4) is 0 Å². The number of nitrogens with zero attached hydrogens (tertiary/aromatic N) is 1. The first-order chi connectivity index (χ1) is 7.33. The number of hydrogen-bond donors (Lipinski definition) is 1. The van der Waals surface area contributed by atoms with Gasteiger partial charge in [-0.1, -0.05) is 30.3 Å². The summed E-state index contributed by atoms with van der Waals surface area (Å²) >= 11 is 0. The third-order valence-corrected chi connectivity index (χ3v) is 2.97. The van der Waals surface area contributed by atoms with E-state index in [1.165, 1.54) is 5.56 Å². The molecule has 1 aliphatic heterocycles. The molecular formula is C12H18N2O. The molecule has 0 bridgehead atoms. The molecule has 0 aromatic heterocycles. The number of hydrogen-bond acceptors (Lipinski definition) is 3. The summed E-state index contributed by atoms with van der Waals surface area (Å²) in [6.45, 7) is 3.92. The monoisotopic (exact) mass is 206 g/mol. The lowest BCUT2D eigenvalue weighted by Gasteiger charge is -2.38. The van der Waals surface area contributed by atoms with Gasteiger partial charge in [0, 0.05) is 6.54 Å². The average molecular weight is 206 g/mol. The first-order valence-electron chi connectivity index (χ1n) is 5.43. The summed E-state index contributed by atoms with van der Waals surface area (Å²) in [4.78, 5) is 0. The van der Waals surface area contributed by atoms with E-state index in [-0.39, 0.29) is 6.10 Å². The number of ether oxygens (including phenoxy) is 1. The molecule has 1 saturated heterocycles. The number of morpholine rings is 1. The molecule has 3 nitrogen and oxygen atoms in total. The molecule has 2 atom stereocenters. The molecule has 1 aromatic carbocycles. The smallest absolute Gasteiger partial charge is 0.0991 e. The van der Waals surface area contributed by atoms with Crippen molar-refractivity contribution in [2.75, 3.05) is 20.2 Å². The standard InChI is InChI=1S/C12H18N2O/c1-10-12(11-6-4-3-5-7-11)15-9-8-14(10)13-2/h3-7,10,12-13H,8-9H2,1-2H3/t10-,12+/m0/s1. The van der Waals surface area contributed by atoms with Gasteiger partial charge in [-0.15, -0.1) is 0 Å². The van der Waals surface area contributed by atoms with Gasteiger partial charge in [0.25, 0.3) is 0 Å². The van der Waals surface area contributed by atoms with Crippen molar-refractivity contribution < 1.29 is 4.74 Å². The maximum atomic E-state index is 5.83. The summed E-state index contributed by atoms with van der Waals surface area (Å²) in [6, 6.07) is 10.8. The highest BCUT2D eigenvalue weighted by molar-refractivity contribution is 5.19. The van der Waals surface area contributed by atoms with Gasteiger partial charge in [0.2, 0.25) is 0 Å². The van der Waals surface area contributed by atoms with Crippen LogP contribution < -0.4 is 5.43 Å². The average Bonchev–Trinajstić information content (AvgIpc) is 2.30. The minimum Gasteiger partial charge on any atom is -0.370 e. The first kappa shape index (κ1) is 10.6. The van der Waals surface area contributed by atoms with Crippen LogP contribution in [0.1, 0.15) is 18.6 Å². The number of nitrogens with one attached hydrogen (secondary N) is 1. The molecular weight excluding hydrogens is 188 g/mol. The van der Waals surface area contributed by atoms with Crippen molar-refractivity contribution in [3.05, 3.63) is 35.9 Å². The number of rotatable bonds is 2. The van der Waals surface area contributed by atoms with E-state index < -0.39 is 0 Å². The molecule has 1 heterocycles. The molecule has 15 heavy (non-hydrogen) atoms. The fourth-order valence-electron chi connectivity index (χ4n) is 2.12. The van der Waals surface area contributed by atoms with Crippen LogP contribution in [0.2, 0.25) is 0 Å². The Morgan fingerprint density at radius 3 is 2.73 bits per heavy atom. The molecule has 82 valence electrons. The van der Waals surface area contributed by atoms with E-state index in [1.807, 2.05) is 13.1 Å². The second-order valence-electron chi connectivity index (χ2n) is 3.86. The van der Waals surface area contributed by atoms with Gasteiger partial charge in [0.15, 0.2) is 0 Å². The summed E-state index contributed by atoms with van der Waals surface area (Å²) in [6.07, 6.45) is 0.174. The van der Waals surface area contributed by atoms with E-state index in [1.54, 1.807) is 0 Å². The van der Waals surface area contributed by atoms with Crippen LogP contribution in [0.15, 0.2) is 30.3 Å². The zero-order valence-electron chi connectivity index (χ0n) is 9.31. The highest BCUT2D eigenvalue weighted by Gasteiger charge is 2.28.